The minimum Gasteiger partial charge on any atom is -0.480 e. The van der Waals surface area contributed by atoms with Crippen molar-refractivity contribution in [3.8, 4) is 0 Å². The van der Waals surface area contributed by atoms with Crippen LogP contribution in [0.3, 0.4) is 0 Å². The van der Waals surface area contributed by atoms with Crippen LogP contribution in [0.1, 0.15) is 19.8 Å². The van der Waals surface area contributed by atoms with E-state index in [9.17, 15) is 14.4 Å². The molecule has 0 heterocycles. The minimum absolute atomic E-state index is 0.153. The lowest BCUT2D eigenvalue weighted by Gasteiger charge is -2.13. The van der Waals surface area contributed by atoms with Crippen LogP contribution in [0.4, 0.5) is 5.69 Å². The fourth-order valence-corrected chi connectivity index (χ4v) is 2.20. The fraction of sp³-hybridized carbons (Fsp3) is 0.400. The van der Waals surface area contributed by atoms with Gasteiger partial charge >= 0.3 is 5.97 Å². The van der Waals surface area contributed by atoms with Gasteiger partial charge in [-0.15, -0.1) is 0 Å². The third-order valence-electron chi connectivity index (χ3n) is 2.98. The number of amides is 2. The predicted molar refractivity (Wildman–Crippen MR) is 90.1 cm³/mol. The lowest BCUT2D eigenvalue weighted by Crippen LogP contribution is -2.44. The van der Waals surface area contributed by atoms with Gasteiger partial charge in [-0.2, -0.15) is 0 Å². The summed E-state index contributed by atoms with van der Waals surface area (Å²) in [4.78, 5) is 34.3. The van der Waals surface area contributed by atoms with Crippen molar-refractivity contribution in [3.05, 3.63) is 28.7 Å². The number of para-hydroxylation sites is 1. The molecule has 23 heavy (non-hydrogen) atoms. The summed E-state index contributed by atoms with van der Waals surface area (Å²) in [6, 6.07) is 6.36. The molecule has 0 radical (unpaired) electrons. The van der Waals surface area contributed by atoms with Crippen molar-refractivity contribution < 1.29 is 19.5 Å². The third-order valence-corrected chi connectivity index (χ3v) is 3.67. The van der Waals surface area contributed by atoms with Crippen LogP contribution in [-0.4, -0.2) is 42.0 Å². The molecular weight excluding hydrogens is 366 g/mol. The summed E-state index contributed by atoms with van der Waals surface area (Å²) >= 11 is 3.31. The van der Waals surface area contributed by atoms with Crippen molar-refractivity contribution in [2.45, 2.75) is 25.8 Å². The Morgan fingerprint density at radius 3 is 2.48 bits per heavy atom. The lowest BCUT2D eigenvalue weighted by molar-refractivity contribution is -0.139. The quantitative estimate of drug-likeness (QED) is 0.513. The standard InChI is InChI=1S/C15H20BrN3O4/c1-2-5-12(15(22)23)17-8-13(20)18-9-14(21)19-11-7-4-3-6-10(11)16/h3-4,6-7,12,17H,2,5,8-9H2,1H3,(H,18,20)(H,19,21)(H,22,23). The summed E-state index contributed by atoms with van der Waals surface area (Å²) in [7, 11) is 0. The van der Waals surface area contributed by atoms with Crippen LogP contribution in [0, 0.1) is 0 Å². The number of aliphatic carboxylic acids is 1. The van der Waals surface area contributed by atoms with Crippen LogP contribution in [-0.2, 0) is 14.4 Å². The Hall–Kier alpha value is -1.93. The first-order chi connectivity index (χ1) is 10.9. The van der Waals surface area contributed by atoms with Crippen LogP contribution in [0.25, 0.3) is 0 Å². The lowest BCUT2D eigenvalue weighted by atomic mass is 10.2. The normalized spacial score (nSPS) is 11.6. The number of hydrogen-bond acceptors (Lipinski definition) is 4. The van der Waals surface area contributed by atoms with Crippen LogP contribution in [0.2, 0.25) is 0 Å². The second kappa shape index (κ2) is 9.96. The van der Waals surface area contributed by atoms with Gasteiger partial charge in [-0.05, 0) is 34.5 Å². The molecule has 0 fully saturated rings. The highest BCUT2D eigenvalue weighted by Gasteiger charge is 2.16. The van der Waals surface area contributed by atoms with Gasteiger partial charge in [0.1, 0.15) is 6.04 Å². The smallest absolute Gasteiger partial charge is 0.320 e. The molecule has 1 rings (SSSR count). The van der Waals surface area contributed by atoms with Gasteiger partial charge in [0, 0.05) is 4.47 Å². The summed E-state index contributed by atoms with van der Waals surface area (Å²) < 4.78 is 0.741. The number of nitrogens with one attached hydrogen (secondary N) is 3. The maximum absolute atomic E-state index is 11.8. The first-order valence-electron chi connectivity index (χ1n) is 7.21. The molecular formula is C15H20BrN3O4. The second-order valence-electron chi connectivity index (χ2n) is 4.87. The molecule has 0 aliphatic rings. The van der Waals surface area contributed by atoms with E-state index >= 15 is 0 Å². The average molecular weight is 386 g/mol. The van der Waals surface area contributed by atoms with E-state index < -0.39 is 17.9 Å². The molecule has 8 heteroatoms. The summed E-state index contributed by atoms with van der Waals surface area (Å²) in [6.07, 6.45) is 1.13. The molecule has 126 valence electrons. The molecule has 0 aromatic heterocycles. The number of carbonyl (C=O) groups excluding carboxylic acids is 2. The molecule has 0 aliphatic heterocycles. The van der Waals surface area contributed by atoms with Crippen molar-refractivity contribution in [1.29, 1.82) is 0 Å². The van der Waals surface area contributed by atoms with E-state index in [0.29, 0.717) is 18.5 Å². The Morgan fingerprint density at radius 2 is 1.87 bits per heavy atom. The number of carbonyl (C=O) groups is 3. The van der Waals surface area contributed by atoms with Gasteiger partial charge in [0.2, 0.25) is 11.8 Å². The Morgan fingerprint density at radius 1 is 1.17 bits per heavy atom. The summed E-state index contributed by atoms with van der Waals surface area (Å²) in [6.45, 7) is 1.52. The zero-order chi connectivity index (χ0) is 17.2. The first kappa shape index (κ1) is 19.1. The number of carboxylic acid groups (broad SMARTS) is 1. The van der Waals surface area contributed by atoms with E-state index in [-0.39, 0.29) is 19.0 Å². The zero-order valence-corrected chi connectivity index (χ0v) is 14.4. The number of halogens is 1. The van der Waals surface area contributed by atoms with E-state index in [1.165, 1.54) is 0 Å². The number of benzene rings is 1. The molecule has 1 aromatic rings. The Kier molecular flexibility index (Phi) is 8.28. The monoisotopic (exact) mass is 385 g/mol. The molecule has 2 amide bonds. The van der Waals surface area contributed by atoms with Gasteiger partial charge in [-0.3, -0.25) is 19.7 Å². The van der Waals surface area contributed by atoms with Gasteiger partial charge in [0.05, 0.1) is 18.8 Å². The summed E-state index contributed by atoms with van der Waals surface area (Å²) in [5, 5.41) is 16.7. The molecule has 1 aromatic carbocycles. The Balaban J connectivity index is 2.34. The number of carboxylic acids is 1. The van der Waals surface area contributed by atoms with Crippen LogP contribution in [0.5, 0.6) is 0 Å². The fourth-order valence-electron chi connectivity index (χ4n) is 1.82. The van der Waals surface area contributed by atoms with E-state index in [0.717, 1.165) is 4.47 Å². The average Bonchev–Trinajstić information content (AvgIpc) is 2.51. The number of hydrogen-bond donors (Lipinski definition) is 4. The molecule has 1 atom stereocenters. The van der Waals surface area contributed by atoms with E-state index in [2.05, 4.69) is 31.9 Å². The predicted octanol–water partition coefficient (Wildman–Crippen LogP) is 1.35. The highest BCUT2D eigenvalue weighted by molar-refractivity contribution is 9.10. The SMILES string of the molecule is CCCC(NCC(=O)NCC(=O)Nc1ccccc1Br)C(=O)O. The van der Waals surface area contributed by atoms with Crippen molar-refractivity contribution in [1.82, 2.24) is 10.6 Å². The van der Waals surface area contributed by atoms with Gasteiger partial charge < -0.3 is 15.7 Å². The van der Waals surface area contributed by atoms with Crippen molar-refractivity contribution in [2.75, 3.05) is 18.4 Å². The van der Waals surface area contributed by atoms with E-state index in [4.69, 9.17) is 5.11 Å². The Labute approximate surface area is 143 Å². The largest absolute Gasteiger partial charge is 0.480 e. The third kappa shape index (κ3) is 7.25. The van der Waals surface area contributed by atoms with Crippen molar-refractivity contribution in [2.24, 2.45) is 0 Å². The van der Waals surface area contributed by atoms with Crippen LogP contribution < -0.4 is 16.0 Å². The summed E-state index contributed by atoms with van der Waals surface area (Å²) in [5.74, 6) is -1.80. The van der Waals surface area contributed by atoms with Gasteiger partial charge in [0.25, 0.3) is 0 Å². The van der Waals surface area contributed by atoms with Crippen molar-refractivity contribution in [3.63, 3.8) is 0 Å². The summed E-state index contributed by atoms with van der Waals surface area (Å²) in [5.41, 5.74) is 0.610. The molecule has 7 nitrogen and oxygen atoms in total. The van der Waals surface area contributed by atoms with Gasteiger partial charge in [-0.1, -0.05) is 25.5 Å². The van der Waals surface area contributed by atoms with Crippen LogP contribution in [0.15, 0.2) is 28.7 Å². The highest BCUT2D eigenvalue weighted by atomic mass is 79.9. The maximum atomic E-state index is 11.8. The number of rotatable bonds is 9. The second-order valence-corrected chi connectivity index (χ2v) is 5.72. The number of anilines is 1. The van der Waals surface area contributed by atoms with E-state index in [1.807, 2.05) is 13.0 Å². The minimum atomic E-state index is -0.994. The highest BCUT2D eigenvalue weighted by Crippen LogP contribution is 2.20. The topological polar surface area (TPSA) is 108 Å². The molecule has 0 aliphatic carbocycles. The molecule has 0 spiro atoms. The molecule has 1 unspecified atom stereocenters. The zero-order valence-electron chi connectivity index (χ0n) is 12.8. The molecule has 4 N–H and O–H groups in total. The maximum Gasteiger partial charge on any atom is 0.320 e. The van der Waals surface area contributed by atoms with E-state index in [1.54, 1.807) is 18.2 Å². The first-order valence-corrected chi connectivity index (χ1v) is 8.00. The molecule has 0 bridgehead atoms. The van der Waals surface area contributed by atoms with Crippen LogP contribution >= 0.6 is 15.9 Å². The molecule has 0 saturated heterocycles. The Bertz CT molecular complexity index is 565. The van der Waals surface area contributed by atoms with Gasteiger partial charge in [-0.25, -0.2) is 0 Å². The van der Waals surface area contributed by atoms with Crippen molar-refractivity contribution >= 4 is 39.4 Å². The molecule has 0 saturated carbocycles. The van der Waals surface area contributed by atoms with Gasteiger partial charge in [0.15, 0.2) is 0 Å².